The van der Waals surface area contributed by atoms with Gasteiger partial charge in [0.1, 0.15) is 11.1 Å². The van der Waals surface area contributed by atoms with E-state index in [9.17, 15) is 9.90 Å². The summed E-state index contributed by atoms with van der Waals surface area (Å²) in [6.45, 7) is 2.40. The van der Waals surface area contributed by atoms with Crippen molar-refractivity contribution in [3.63, 3.8) is 0 Å². The number of furan rings is 1. The zero-order valence-electron chi connectivity index (χ0n) is 19.7. The standard InChI is InChI=1S/C25H25N7O4/c1-2-25(16-7-4-3-5-8-16,19(33)10-11-24(34)14-35-15-24)32-22-17(13-27-32)21-28-20(18-9-6-12-36-18)30-31(21)23(26)29-22/h3-9,12-13,34H,2,10-11,14-15H2,1H3,(H2,26,29). The number of nitrogens with zero attached hydrogens (tertiary/aromatic N) is 6. The zero-order chi connectivity index (χ0) is 24.9. The first-order valence-electron chi connectivity index (χ1n) is 11.8. The first-order valence-corrected chi connectivity index (χ1v) is 11.8. The molecule has 36 heavy (non-hydrogen) atoms. The van der Waals surface area contributed by atoms with Crippen LogP contribution in [0.25, 0.3) is 28.3 Å². The van der Waals surface area contributed by atoms with Crippen LogP contribution in [0.15, 0.2) is 59.3 Å². The Labute approximate surface area is 205 Å². The number of hydrogen-bond acceptors (Lipinski definition) is 9. The van der Waals surface area contributed by atoms with Crippen molar-refractivity contribution in [2.75, 3.05) is 18.9 Å². The van der Waals surface area contributed by atoms with E-state index in [2.05, 4.69) is 20.2 Å². The summed E-state index contributed by atoms with van der Waals surface area (Å²) >= 11 is 0. The summed E-state index contributed by atoms with van der Waals surface area (Å²) in [5.41, 5.74) is 5.82. The van der Waals surface area contributed by atoms with Crippen molar-refractivity contribution in [3.8, 4) is 11.6 Å². The molecule has 1 aromatic carbocycles. The molecule has 4 aromatic heterocycles. The van der Waals surface area contributed by atoms with Gasteiger partial charge in [0.2, 0.25) is 11.8 Å². The molecule has 0 amide bonds. The average molecular weight is 488 g/mol. The number of carbonyl (C=O) groups is 1. The topological polar surface area (TPSA) is 147 Å². The highest BCUT2D eigenvalue weighted by atomic mass is 16.5. The molecule has 0 saturated carbocycles. The SMILES string of the molecule is CCC(C(=O)CCC1(O)COC1)(c1ccccc1)n1ncc2c1nc(N)n1nc(-c3ccco3)nc21. The lowest BCUT2D eigenvalue weighted by molar-refractivity contribution is -0.183. The molecular weight excluding hydrogens is 462 g/mol. The normalized spacial score (nSPS) is 16.7. The third-order valence-electron chi connectivity index (χ3n) is 6.92. The minimum atomic E-state index is -1.16. The van der Waals surface area contributed by atoms with Crippen LogP contribution in [0, 0.1) is 0 Å². The van der Waals surface area contributed by atoms with Gasteiger partial charge in [-0.2, -0.15) is 14.6 Å². The van der Waals surface area contributed by atoms with Crippen LogP contribution in [0.2, 0.25) is 0 Å². The number of anilines is 1. The van der Waals surface area contributed by atoms with Crippen molar-refractivity contribution in [1.29, 1.82) is 0 Å². The van der Waals surface area contributed by atoms with Crippen LogP contribution >= 0.6 is 0 Å². The molecule has 1 fully saturated rings. The summed E-state index contributed by atoms with van der Waals surface area (Å²) in [4.78, 5) is 23.2. The van der Waals surface area contributed by atoms with Crippen molar-refractivity contribution in [3.05, 3.63) is 60.5 Å². The number of carbonyl (C=O) groups excluding carboxylic acids is 1. The van der Waals surface area contributed by atoms with Crippen molar-refractivity contribution >= 4 is 28.4 Å². The molecule has 5 heterocycles. The molecule has 1 aliphatic heterocycles. The second-order valence-corrected chi connectivity index (χ2v) is 9.13. The van der Waals surface area contributed by atoms with Crippen LogP contribution in [-0.4, -0.2) is 59.1 Å². The first-order chi connectivity index (χ1) is 17.4. The van der Waals surface area contributed by atoms with E-state index in [4.69, 9.17) is 14.9 Å². The third-order valence-corrected chi connectivity index (χ3v) is 6.92. The molecule has 11 nitrogen and oxygen atoms in total. The molecule has 1 unspecified atom stereocenters. The molecule has 0 aliphatic carbocycles. The minimum Gasteiger partial charge on any atom is -0.461 e. The van der Waals surface area contributed by atoms with Crippen molar-refractivity contribution < 1.29 is 19.1 Å². The Hall–Kier alpha value is -4.09. The number of Topliss-reactive ketones (excluding diaryl/α,β-unsaturated/α-hetero) is 1. The van der Waals surface area contributed by atoms with Crippen LogP contribution in [0.4, 0.5) is 5.95 Å². The van der Waals surface area contributed by atoms with Gasteiger partial charge >= 0.3 is 0 Å². The maximum absolute atomic E-state index is 14.0. The monoisotopic (exact) mass is 487 g/mol. The largest absolute Gasteiger partial charge is 0.461 e. The van der Waals surface area contributed by atoms with E-state index in [1.807, 2.05) is 37.3 Å². The Morgan fingerprint density at radius 2 is 1.97 bits per heavy atom. The van der Waals surface area contributed by atoms with Crippen LogP contribution in [-0.2, 0) is 15.1 Å². The van der Waals surface area contributed by atoms with Crippen LogP contribution in [0.1, 0.15) is 31.7 Å². The highest BCUT2D eigenvalue weighted by Gasteiger charge is 2.44. The summed E-state index contributed by atoms with van der Waals surface area (Å²) < 4.78 is 13.7. The minimum absolute atomic E-state index is 0.0838. The fourth-order valence-electron chi connectivity index (χ4n) is 4.90. The molecular formula is C25H25N7O4. The second kappa shape index (κ2) is 8.25. The van der Waals surface area contributed by atoms with Crippen LogP contribution < -0.4 is 5.73 Å². The summed E-state index contributed by atoms with van der Waals surface area (Å²) in [6.07, 6.45) is 4.04. The van der Waals surface area contributed by atoms with Gasteiger partial charge in [0.05, 0.1) is 31.1 Å². The Morgan fingerprint density at radius 3 is 2.64 bits per heavy atom. The Balaban J connectivity index is 1.52. The van der Waals surface area contributed by atoms with E-state index >= 15 is 0 Å². The number of rotatable bonds is 8. The molecule has 1 saturated heterocycles. The number of nitrogens with two attached hydrogens (primary N) is 1. The quantitative estimate of drug-likeness (QED) is 0.337. The van der Waals surface area contributed by atoms with Gasteiger partial charge in [0.25, 0.3) is 0 Å². The Kier molecular flexibility index (Phi) is 5.13. The number of aromatic nitrogens is 6. The van der Waals surface area contributed by atoms with Gasteiger partial charge in [-0.15, -0.1) is 5.10 Å². The van der Waals surface area contributed by atoms with Gasteiger partial charge in [-0.05, 0) is 30.5 Å². The fourth-order valence-corrected chi connectivity index (χ4v) is 4.90. The highest BCUT2D eigenvalue weighted by molar-refractivity contribution is 5.95. The number of aliphatic hydroxyl groups is 1. The van der Waals surface area contributed by atoms with Crippen LogP contribution in [0.3, 0.4) is 0 Å². The summed E-state index contributed by atoms with van der Waals surface area (Å²) in [5.74, 6) is 0.889. The number of benzene rings is 1. The lowest BCUT2D eigenvalue weighted by Gasteiger charge is -2.38. The average Bonchev–Trinajstić information content (AvgIpc) is 3.63. The molecule has 0 spiro atoms. The summed E-state index contributed by atoms with van der Waals surface area (Å²) in [5, 5.41) is 20.3. The van der Waals surface area contributed by atoms with Crippen molar-refractivity contribution in [2.45, 2.75) is 37.3 Å². The molecule has 5 aromatic rings. The molecule has 0 bridgehead atoms. The van der Waals surface area contributed by atoms with Crippen LogP contribution in [0.5, 0.6) is 0 Å². The van der Waals surface area contributed by atoms with Gasteiger partial charge in [-0.3, -0.25) is 4.79 Å². The van der Waals surface area contributed by atoms with Gasteiger partial charge in [0.15, 0.2) is 22.8 Å². The van der Waals surface area contributed by atoms with Crippen molar-refractivity contribution in [1.82, 2.24) is 29.4 Å². The van der Waals surface area contributed by atoms with Gasteiger partial charge in [0, 0.05) is 6.42 Å². The van der Waals surface area contributed by atoms with E-state index in [1.165, 1.54) is 4.52 Å². The van der Waals surface area contributed by atoms with Gasteiger partial charge in [-0.25, -0.2) is 9.67 Å². The summed E-state index contributed by atoms with van der Waals surface area (Å²) in [6, 6.07) is 13.0. The number of fused-ring (bicyclic) bond motifs is 3. The lowest BCUT2D eigenvalue weighted by Crippen LogP contribution is -2.51. The second-order valence-electron chi connectivity index (χ2n) is 9.13. The predicted octanol–water partition coefficient (Wildman–Crippen LogP) is 2.58. The van der Waals surface area contributed by atoms with E-state index in [0.29, 0.717) is 41.1 Å². The third kappa shape index (κ3) is 3.31. The molecule has 1 atom stereocenters. The zero-order valence-corrected chi connectivity index (χ0v) is 19.7. The number of nitrogen functional groups attached to an aromatic ring is 1. The molecule has 1 aliphatic rings. The maximum Gasteiger partial charge on any atom is 0.225 e. The summed E-state index contributed by atoms with van der Waals surface area (Å²) in [7, 11) is 0. The molecule has 6 rings (SSSR count). The molecule has 11 heteroatoms. The predicted molar refractivity (Wildman–Crippen MR) is 130 cm³/mol. The molecule has 3 N–H and O–H groups in total. The maximum atomic E-state index is 14.0. The van der Waals surface area contributed by atoms with Gasteiger partial charge in [-0.1, -0.05) is 37.3 Å². The molecule has 0 radical (unpaired) electrons. The fraction of sp³-hybridized carbons (Fsp3) is 0.320. The number of ether oxygens (including phenoxy) is 1. The first kappa shape index (κ1) is 22.4. The lowest BCUT2D eigenvalue weighted by atomic mass is 9.79. The number of ketones is 1. The molecule has 184 valence electrons. The highest BCUT2D eigenvalue weighted by Crippen LogP contribution is 2.37. The Bertz CT molecular complexity index is 1550. The smallest absolute Gasteiger partial charge is 0.225 e. The van der Waals surface area contributed by atoms with Gasteiger partial charge < -0.3 is 20.0 Å². The van der Waals surface area contributed by atoms with E-state index in [1.54, 1.807) is 29.3 Å². The number of hydrogen-bond donors (Lipinski definition) is 2. The van der Waals surface area contributed by atoms with E-state index in [0.717, 1.165) is 5.56 Å². The van der Waals surface area contributed by atoms with E-state index in [-0.39, 0.29) is 31.4 Å². The van der Waals surface area contributed by atoms with E-state index < -0.39 is 11.1 Å². The van der Waals surface area contributed by atoms with Crippen molar-refractivity contribution in [2.24, 2.45) is 0 Å². The Morgan fingerprint density at radius 1 is 1.17 bits per heavy atom.